The maximum absolute atomic E-state index is 12.4. The average molecular weight is 380 g/mol. The molecule has 3 rings (SSSR count). The van der Waals surface area contributed by atoms with E-state index in [0.29, 0.717) is 6.61 Å². The summed E-state index contributed by atoms with van der Waals surface area (Å²) in [7, 11) is 0. The molecule has 1 aliphatic carbocycles. The first-order chi connectivity index (χ1) is 13.7. The molecule has 1 atom stereocenters. The van der Waals surface area contributed by atoms with Gasteiger partial charge in [-0.3, -0.25) is 0 Å². The number of rotatable bonds is 10. The minimum absolute atomic E-state index is 0.118. The number of benzene rings is 2. The molecular formula is C25H33NO2. The normalized spacial score (nSPS) is 13.6. The summed E-state index contributed by atoms with van der Waals surface area (Å²) in [5.74, 6) is 0.118. The lowest BCUT2D eigenvalue weighted by molar-refractivity contribution is 0.138. The summed E-state index contributed by atoms with van der Waals surface area (Å²) in [5.41, 5.74) is 5.01. The molecule has 0 spiro atoms. The SMILES string of the molecule is CCCCCCCC(CC)NC(=O)OCC1c2ccccc2-c2ccccc21. The maximum atomic E-state index is 12.4. The molecule has 28 heavy (non-hydrogen) atoms. The second kappa shape index (κ2) is 10.3. The van der Waals surface area contributed by atoms with Crippen molar-refractivity contribution < 1.29 is 9.53 Å². The molecule has 3 heteroatoms. The summed E-state index contributed by atoms with van der Waals surface area (Å²) in [6, 6.07) is 17.1. The van der Waals surface area contributed by atoms with Crippen molar-refractivity contribution in [1.82, 2.24) is 5.32 Å². The molecule has 2 aromatic rings. The Balaban J connectivity index is 1.53. The highest BCUT2D eigenvalue weighted by Gasteiger charge is 2.29. The highest BCUT2D eigenvalue weighted by atomic mass is 16.5. The topological polar surface area (TPSA) is 38.3 Å². The number of amides is 1. The molecule has 0 heterocycles. The quantitative estimate of drug-likeness (QED) is 0.468. The third-order valence-corrected chi connectivity index (χ3v) is 5.81. The summed E-state index contributed by atoms with van der Waals surface area (Å²) >= 11 is 0. The van der Waals surface area contributed by atoms with E-state index in [0.717, 1.165) is 12.8 Å². The fraction of sp³-hybridized carbons (Fsp3) is 0.480. The fourth-order valence-corrected chi connectivity index (χ4v) is 4.18. The number of hydrogen-bond acceptors (Lipinski definition) is 2. The largest absolute Gasteiger partial charge is 0.449 e. The number of alkyl carbamates (subject to hydrolysis) is 1. The van der Waals surface area contributed by atoms with E-state index in [1.54, 1.807) is 0 Å². The van der Waals surface area contributed by atoms with Crippen molar-refractivity contribution in [3.63, 3.8) is 0 Å². The van der Waals surface area contributed by atoms with Crippen molar-refractivity contribution in [2.45, 2.75) is 70.8 Å². The summed E-state index contributed by atoms with van der Waals surface area (Å²) in [5, 5.41) is 3.07. The smallest absolute Gasteiger partial charge is 0.407 e. The molecule has 150 valence electrons. The van der Waals surface area contributed by atoms with Crippen LogP contribution in [0.25, 0.3) is 11.1 Å². The molecule has 2 aromatic carbocycles. The lowest BCUT2D eigenvalue weighted by Crippen LogP contribution is -2.35. The van der Waals surface area contributed by atoms with Gasteiger partial charge in [-0.15, -0.1) is 0 Å². The van der Waals surface area contributed by atoms with Gasteiger partial charge in [0.05, 0.1) is 0 Å². The zero-order valence-corrected chi connectivity index (χ0v) is 17.2. The van der Waals surface area contributed by atoms with Gasteiger partial charge in [-0.1, -0.05) is 94.5 Å². The van der Waals surface area contributed by atoms with E-state index in [1.165, 1.54) is 54.4 Å². The monoisotopic (exact) mass is 379 g/mol. The van der Waals surface area contributed by atoms with Crippen LogP contribution in [-0.2, 0) is 4.74 Å². The lowest BCUT2D eigenvalue weighted by Gasteiger charge is -2.19. The number of nitrogens with one attached hydrogen (secondary N) is 1. The van der Waals surface area contributed by atoms with Gasteiger partial charge in [0.15, 0.2) is 0 Å². The molecule has 3 nitrogen and oxygen atoms in total. The van der Waals surface area contributed by atoms with Crippen molar-refractivity contribution in [3.05, 3.63) is 59.7 Å². The van der Waals surface area contributed by atoms with Crippen molar-refractivity contribution in [2.24, 2.45) is 0 Å². The van der Waals surface area contributed by atoms with Gasteiger partial charge < -0.3 is 10.1 Å². The first-order valence-corrected chi connectivity index (χ1v) is 10.9. The van der Waals surface area contributed by atoms with E-state index in [2.05, 4.69) is 67.7 Å². The van der Waals surface area contributed by atoms with Crippen LogP contribution in [0.1, 0.15) is 75.8 Å². The Kier molecular flexibility index (Phi) is 7.53. The number of unbranched alkanes of at least 4 members (excludes halogenated alkanes) is 4. The Morgan fingerprint density at radius 2 is 1.54 bits per heavy atom. The van der Waals surface area contributed by atoms with Crippen LogP contribution in [0.3, 0.4) is 0 Å². The van der Waals surface area contributed by atoms with Crippen LogP contribution in [0.4, 0.5) is 4.79 Å². The summed E-state index contributed by atoms with van der Waals surface area (Å²) in [4.78, 5) is 12.4. The van der Waals surface area contributed by atoms with Gasteiger partial charge in [0, 0.05) is 12.0 Å². The number of fused-ring (bicyclic) bond motifs is 3. The number of carbonyl (C=O) groups is 1. The molecule has 1 unspecified atom stereocenters. The molecule has 0 saturated carbocycles. The Labute approximate surface area is 169 Å². The van der Waals surface area contributed by atoms with Crippen LogP contribution in [-0.4, -0.2) is 18.7 Å². The van der Waals surface area contributed by atoms with Gasteiger partial charge in [-0.05, 0) is 35.1 Å². The minimum atomic E-state index is -0.290. The maximum Gasteiger partial charge on any atom is 0.407 e. The summed E-state index contributed by atoms with van der Waals surface area (Å²) in [6.45, 7) is 4.74. The van der Waals surface area contributed by atoms with Gasteiger partial charge >= 0.3 is 6.09 Å². The van der Waals surface area contributed by atoms with E-state index in [9.17, 15) is 4.79 Å². The molecule has 0 aliphatic heterocycles. The van der Waals surface area contributed by atoms with Crippen LogP contribution in [0.15, 0.2) is 48.5 Å². The zero-order valence-electron chi connectivity index (χ0n) is 17.2. The van der Waals surface area contributed by atoms with E-state index < -0.39 is 0 Å². The molecule has 0 saturated heterocycles. The van der Waals surface area contributed by atoms with Crippen LogP contribution in [0.2, 0.25) is 0 Å². The van der Waals surface area contributed by atoms with Crippen molar-refractivity contribution in [1.29, 1.82) is 0 Å². The predicted molar refractivity (Wildman–Crippen MR) is 116 cm³/mol. The first-order valence-electron chi connectivity index (χ1n) is 10.9. The lowest BCUT2D eigenvalue weighted by atomic mass is 9.98. The highest BCUT2D eigenvalue weighted by Crippen LogP contribution is 2.44. The van der Waals surface area contributed by atoms with E-state index in [1.807, 2.05) is 0 Å². The minimum Gasteiger partial charge on any atom is -0.449 e. The molecule has 1 aliphatic rings. The Morgan fingerprint density at radius 1 is 0.929 bits per heavy atom. The van der Waals surface area contributed by atoms with Crippen molar-refractivity contribution >= 4 is 6.09 Å². The molecule has 0 fully saturated rings. The standard InChI is InChI=1S/C25H33NO2/c1-3-5-6-7-8-13-19(4-2)26-25(27)28-18-24-22-16-11-9-14-20(22)21-15-10-12-17-23(21)24/h9-12,14-17,19,24H,3-8,13,18H2,1-2H3,(H,26,27). The number of ether oxygens (including phenoxy) is 1. The van der Waals surface area contributed by atoms with Gasteiger partial charge in [-0.2, -0.15) is 0 Å². The van der Waals surface area contributed by atoms with Crippen LogP contribution < -0.4 is 5.32 Å². The average Bonchev–Trinajstić information content (AvgIpc) is 3.05. The Bertz CT molecular complexity index is 725. The first kappa shape index (κ1) is 20.4. The molecule has 1 amide bonds. The third kappa shape index (κ3) is 4.95. The van der Waals surface area contributed by atoms with Crippen LogP contribution in [0.5, 0.6) is 0 Å². The molecule has 0 bridgehead atoms. The van der Waals surface area contributed by atoms with Gasteiger partial charge in [-0.25, -0.2) is 4.79 Å². The number of carbonyl (C=O) groups excluding carboxylic acids is 1. The molecule has 0 aromatic heterocycles. The predicted octanol–water partition coefficient (Wildman–Crippen LogP) is 6.66. The second-order valence-corrected chi connectivity index (χ2v) is 7.78. The molecule has 0 radical (unpaired) electrons. The zero-order chi connectivity index (χ0) is 19.8. The van der Waals surface area contributed by atoms with Gasteiger partial charge in [0.25, 0.3) is 0 Å². The Morgan fingerprint density at radius 3 is 2.14 bits per heavy atom. The van der Waals surface area contributed by atoms with Crippen LogP contribution >= 0.6 is 0 Å². The number of hydrogen-bond donors (Lipinski definition) is 1. The fourth-order valence-electron chi connectivity index (χ4n) is 4.18. The third-order valence-electron chi connectivity index (χ3n) is 5.81. The van der Waals surface area contributed by atoms with Gasteiger partial charge in [0.2, 0.25) is 0 Å². The van der Waals surface area contributed by atoms with Gasteiger partial charge in [0.1, 0.15) is 6.61 Å². The van der Waals surface area contributed by atoms with E-state index in [-0.39, 0.29) is 18.1 Å². The Hall–Kier alpha value is -2.29. The second-order valence-electron chi connectivity index (χ2n) is 7.78. The highest BCUT2D eigenvalue weighted by molar-refractivity contribution is 5.79. The van der Waals surface area contributed by atoms with E-state index in [4.69, 9.17) is 4.74 Å². The molecule has 1 N–H and O–H groups in total. The summed E-state index contributed by atoms with van der Waals surface area (Å²) in [6.07, 6.45) is 7.95. The molecular weight excluding hydrogens is 346 g/mol. The summed E-state index contributed by atoms with van der Waals surface area (Å²) < 4.78 is 5.67. The van der Waals surface area contributed by atoms with Crippen molar-refractivity contribution in [3.8, 4) is 11.1 Å². The van der Waals surface area contributed by atoms with Crippen LogP contribution in [0, 0.1) is 0 Å². The van der Waals surface area contributed by atoms with E-state index >= 15 is 0 Å². The van der Waals surface area contributed by atoms with Crippen molar-refractivity contribution in [2.75, 3.05) is 6.61 Å².